The summed E-state index contributed by atoms with van der Waals surface area (Å²) < 4.78 is 26.9. The lowest BCUT2D eigenvalue weighted by molar-refractivity contribution is -0.156. The normalized spacial score (nSPS) is 16.4. The van der Waals surface area contributed by atoms with Crippen molar-refractivity contribution in [3.8, 4) is 17.2 Å². The van der Waals surface area contributed by atoms with Gasteiger partial charge in [-0.25, -0.2) is 0 Å². The molecule has 0 atom stereocenters. The van der Waals surface area contributed by atoms with Crippen LogP contribution in [0.25, 0.3) is 16.5 Å². The standard InChI is InChI=1S/C19H20O5.C15H14O3.C4H6O3/c1-11(20)22-17-14-8-6-5-7-13(14)16-15(18(17)23-12(2)21)9-10-19(3,4)24-16;1-15(2)8-7-11-13(17)12(16)9-5-3-4-6-10(9)14(11)18-15;1-3(5)7-4(2)6/h5-8H,9-10H2,1-4H3;3-6H,7-8H2,1-2H3;1-2H3. The topological polar surface area (TPSA) is 149 Å². The van der Waals surface area contributed by atoms with Gasteiger partial charge in [-0.05, 0) is 53.4 Å². The number of allylic oxidation sites excluding steroid dienone is 1. The van der Waals surface area contributed by atoms with Crippen molar-refractivity contribution in [2.24, 2.45) is 0 Å². The van der Waals surface area contributed by atoms with Gasteiger partial charge in [0.2, 0.25) is 11.6 Å². The maximum Gasteiger partial charge on any atom is 0.310 e. The lowest BCUT2D eigenvalue weighted by Gasteiger charge is -2.36. The summed E-state index contributed by atoms with van der Waals surface area (Å²) in [7, 11) is 0. The van der Waals surface area contributed by atoms with E-state index in [-0.39, 0.29) is 22.7 Å². The molecule has 11 nitrogen and oxygen atoms in total. The van der Waals surface area contributed by atoms with Gasteiger partial charge in [-0.1, -0.05) is 48.5 Å². The molecule has 258 valence electrons. The molecular weight excluding hydrogens is 632 g/mol. The minimum absolute atomic E-state index is 0.273. The third-order valence-corrected chi connectivity index (χ3v) is 7.83. The van der Waals surface area contributed by atoms with Crippen LogP contribution in [0.1, 0.15) is 96.1 Å². The summed E-state index contributed by atoms with van der Waals surface area (Å²) in [5, 5.41) is 1.52. The van der Waals surface area contributed by atoms with E-state index < -0.39 is 35.4 Å². The van der Waals surface area contributed by atoms with E-state index in [4.69, 9.17) is 18.9 Å². The first-order valence-electron chi connectivity index (χ1n) is 15.8. The van der Waals surface area contributed by atoms with E-state index in [1.165, 1.54) is 27.7 Å². The van der Waals surface area contributed by atoms with Crippen molar-refractivity contribution in [2.45, 2.75) is 92.3 Å². The van der Waals surface area contributed by atoms with Crippen LogP contribution in [0.15, 0.2) is 54.1 Å². The highest BCUT2D eigenvalue weighted by Gasteiger charge is 2.39. The molecule has 0 aromatic heterocycles. The van der Waals surface area contributed by atoms with Gasteiger partial charge in [0.25, 0.3) is 0 Å². The molecule has 0 amide bonds. The number of benzene rings is 3. The number of carbonyl (C=O) groups is 6. The Labute approximate surface area is 284 Å². The highest BCUT2D eigenvalue weighted by Crippen LogP contribution is 2.50. The first-order chi connectivity index (χ1) is 22.9. The van der Waals surface area contributed by atoms with Crippen molar-refractivity contribution in [3.63, 3.8) is 0 Å². The predicted octanol–water partition coefficient (Wildman–Crippen LogP) is 6.64. The van der Waals surface area contributed by atoms with Crippen LogP contribution >= 0.6 is 0 Å². The summed E-state index contributed by atoms with van der Waals surface area (Å²) in [4.78, 5) is 66.8. The molecule has 3 aliphatic rings. The second-order valence-corrected chi connectivity index (χ2v) is 13.0. The van der Waals surface area contributed by atoms with E-state index in [1.54, 1.807) is 12.1 Å². The van der Waals surface area contributed by atoms with Gasteiger partial charge in [-0.2, -0.15) is 0 Å². The molecule has 0 bridgehead atoms. The van der Waals surface area contributed by atoms with Crippen LogP contribution in [0.2, 0.25) is 0 Å². The summed E-state index contributed by atoms with van der Waals surface area (Å²) in [5.74, 6) is -1.03. The summed E-state index contributed by atoms with van der Waals surface area (Å²) in [6, 6.07) is 14.6. The van der Waals surface area contributed by atoms with E-state index >= 15 is 0 Å². The van der Waals surface area contributed by atoms with E-state index in [9.17, 15) is 28.8 Å². The molecule has 0 N–H and O–H groups in total. The highest BCUT2D eigenvalue weighted by atomic mass is 16.6. The van der Waals surface area contributed by atoms with Crippen molar-refractivity contribution >= 4 is 52.0 Å². The largest absolute Gasteiger partial charge is 0.487 e. The van der Waals surface area contributed by atoms with Crippen LogP contribution < -0.4 is 14.2 Å². The fourth-order valence-electron chi connectivity index (χ4n) is 5.70. The number of rotatable bonds is 2. The van der Waals surface area contributed by atoms with Gasteiger partial charge in [-0.15, -0.1) is 0 Å². The molecule has 3 aromatic rings. The zero-order valence-electron chi connectivity index (χ0n) is 28.9. The number of hydrogen-bond donors (Lipinski definition) is 0. The van der Waals surface area contributed by atoms with Crippen LogP contribution in [0.5, 0.6) is 17.2 Å². The fraction of sp³-hybridized carbons (Fsp3) is 0.368. The molecule has 0 saturated heterocycles. The summed E-state index contributed by atoms with van der Waals surface area (Å²) >= 11 is 0. The van der Waals surface area contributed by atoms with Crippen molar-refractivity contribution in [1.82, 2.24) is 0 Å². The monoisotopic (exact) mass is 672 g/mol. The number of esters is 4. The molecule has 2 aliphatic heterocycles. The molecule has 11 heteroatoms. The van der Waals surface area contributed by atoms with Crippen molar-refractivity contribution in [1.29, 1.82) is 0 Å². The number of ether oxygens (including phenoxy) is 5. The Bertz CT molecular complexity index is 1880. The first-order valence-corrected chi connectivity index (χ1v) is 15.8. The molecule has 0 fully saturated rings. The average molecular weight is 673 g/mol. The lowest BCUT2D eigenvalue weighted by Crippen LogP contribution is -2.34. The molecule has 0 spiro atoms. The minimum atomic E-state index is -0.562. The predicted molar refractivity (Wildman–Crippen MR) is 179 cm³/mol. The summed E-state index contributed by atoms with van der Waals surface area (Å²) in [6.45, 7) is 13.1. The summed E-state index contributed by atoms with van der Waals surface area (Å²) in [6.07, 6.45) is 2.81. The van der Waals surface area contributed by atoms with E-state index in [2.05, 4.69) is 4.74 Å². The van der Waals surface area contributed by atoms with Crippen molar-refractivity contribution in [3.05, 3.63) is 70.8 Å². The maximum atomic E-state index is 12.0. The Kier molecular flexibility index (Phi) is 10.8. The van der Waals surface area contributed by atoms with Crippen LogP contribution in [-0.2, 0) is 39.9 Å². The average Bonchev–Trinajstić information content (AvgIpc) is 3.00. The Balaban J connectivity index is 0.000000190. The smallest absolute Gasteiger partial charge is 0.310 e. The van der Waals surface area contributed by atoms with Gasteiger partial charge >= 0.3 is 23.9 Å². The third kappa shape index (κ3) is 8.59. The Morgan fingerprint density at radius 3 is 1.69 bits per heavy atom. The lowest BCUT2D eigenvalue weighted by atomic mass is 9.82. The second-order valence-electron chi connectivity index (χ2n) is 13.0. The van der Waals surface area contributed by atoms with Gasteiger partial charge in [0.05, 0.1) is 0 Å². The van der Waals surface area contributed by atoms with Gasteiger partial charge in [0.15, 0.2) is 11.5 Å². The van der Waals surface area contributed by atoms with Crippen LogP contribution in [0, 0.1) is 0 Å². The van der Waals surface area contributed by atoms with Crippen molar-refractivity contribution in [2.75, 3.05) is 0 Å². The molecule has 0 saturated carbocycles. The molecule has 0 radical (unpaired) electrons. The number of carbonyl (C=O) groups excluding carboxylic acids is 6. The fourth-order valence-corrected chi connectivity index (χ4v) is 5.70. The van der Waals surface area contributed by atoms with Gasteiger partial charge in [0, 0.05) is 60.7 Å². The first kappa shape index (κ1) is 36.5. The zero-order chi connectivity index (χ0) is 36.3. The van der Waals surface area contributed by atoms with Gasteiger partial charge in [0.1, 0.15) is 22.7 Å². The van der Waals surface area contributed by atoms with Gasteiger partial charge < -0.3 is 23.7 Å². The SMILES string of the molecule is CC(=O)OC(C)=O.CC(=O)Oc1c2c(c3ccccc3c1OC(C)=O)OC(C)(C)CC2.CC1(C)CCC2=C(O1)c1ccccc1C(=O)C2=O. The zero-order valence-corrected chi connectivity index (χ0v) is 28.9. The number of hydrogen-bond acceptors (Lipinski definition) is 11. The van der Waals surface area contributed by atoms with Crippen LogP contribution in [0.3, 0.4) is 0 Å². The number of ketones is 2. The Hall–Kier alpha value is -5.32. The quantitative estimate of drug-likeness (QED) is 0.125. The number of fused-ring (bicyclic) bond motifs is 5. The Morgan fingerprint density at radius 1 is 0.612 bits per heavy atom. The van der Waals surface area contributed by atoms with Crippen molar-refractivity contribution < 1.29 is 52.5 Å². The molecule has 1 aliphatic carbocycles. The minimum Gasteiger partial charge on any atom is -0.487 e. The van der Waals surface area contributed by atoms with E-state index in [0.717, 1.165) is 29.4 Å². The Morgan fingerprint density at radius 2 is 1.12 bits per heavy atom. The van der Waals surface area contributed by atoms with Gasteiger partial charge in [-0.3, -0.25) is 28.8 Å². The maximum absolute atomic E-state index is 12.0. The molecule has 3 aromatic carbocycles. The van der Waals surface area contributed by atoms with E-state index in [1.807, 2.05) is 64.1 Å². The van der Waals surface area contributed by atoms with Crippen LogP contribution in [-0.4, -0.2) is 46.6 Å². The summed E-state index contributed by atoms with van der Waals surface area (Å²) in [5.41, 5.74) is 1.92. The van der Waals surface area contributed by atoms with E-state index in [0.29, 0.717) is 40.9 Å². The second kappa shape index (κ2) is 14.4. The molecule has 6 rings (SSSR count). The highest BCUT2D eigenvalue weighted by molar-refractivity contribution is 6.52. The molecule has 2 heterocycles. The van der Waals surface area contributed by atoms with Crippen LogP contribution in [0.4, 0.5) is 0 Å². The molecular formula is C38H40O11. The molecule has 0 unspecified atom stereocenters. The third-order valence-electron chi connectivity index (χ3n) is 7.83. The molecule has 49 heavy (non-hydrogen) atoms. The number of Topliss-reactive ketones (excluding diaryl/α,β-unsaturated/α-hetero) is 2.